The molecule has 0 heterocycles. The Morgan fingerprint density at radius 1 is 1.33 bits per heavy atom. The van der Waals surface area contributed by atoms with Crippen molar-refractivity contribution < 1.29 is 0 Å². The molecule has 0 bridgehead atoms. The molecule has 1 aliphatic carbocycles. The highest BCUT2D eigenvalue weighted by atomic mass is 14.9. The lowest BCUT2D eigenvalue weighted by Gasteiger charge is -2.24. The second-order valence-corrected chi connectivity index (χ2v) is 5.98. The standard InChI is InChI=1S/C16H26N2/c1-11(2)10-18-12(3)13-7-8-15-14(9-13)5-4-6-16(15)17/h7-9,11-12,16,18H,4-6,10,17H2,1-3H3. The van der Waals surface area contributed by atoms with Gasteiger partial charge in [0.15, 0.2) is 0 Å². The molecule has 2 atom stereocenters. The van der Waals surface area contributed by atoms with Gasteiger partial charge in [-0.3, -0.25) is 0 Å². The summed E-state index contributed by atoms with van der Waals surface area (Å²) in [5.74, 6) is 0.693. The Labute approximate surface area is 111 Å². The summed E-state index contributed by atoms with van der Waals surface area (Å²) in [6, 6.07) is 7.51. The van der Waals surface area contributed by atoms with Crippen LogP contribution in [0.1, 0.15) is 62.4 Å². The molecule has 2 rings (SSSR count). The van der Waals surface area contributed by atoms with Gasteiger partial charge in [0.05, 0.1) is 0 Å². The van der Waals surface area contributed by atoms with Crippen LogP contribution in [0.5, 0.6) is 0 Å². The van der Waals surface area contributed by atoms with Crippen molar-refractivity contribution in [3.8, 4) is 0 Å². The zero-order valence-electron chi connectivity index (χ0n) is 11.9. The van der Waals surface area contributed by atoms with Crippen molar-refractivity contribution in [1.82, 2.24) is 5.32 Å². The zero-order valence-corrected chi connectivity index (χ0v) is 11.9. The fraction of sp³-hybridized carbons (Fsp3) is 0.625. The van der Waals surface area contributed by atoms with E-state index in [0.717, 1.165) is 13.0 Å². The molecule has 0 fully saturated rings. The highest BCUT2D eigenvalue weighted by Gasteiger charge is 2.17. The molecule has 0 amide bonds. The fourth-order valence-electron chi connectivity index (χ4n) is 2.67. The van der Waals surface area contributed by atoms with Gasteiger partial charge in [0.1, 0.15) is 0 Å². The number of benzene rings is 1. The average Bonchev–Trinajstić information content (AvgIpc) is 2.35. The zero-order chi connectivity index (χ0) is 13.1. The van der Waals surface area contributed by atoms with Gasteiger partial charge in [0, 0.05) is 12.1 Å². The van der Waals surface area contributed by atoms with Gasteiger partial charge in [-0.1, -0.05) is 32.0 Å². The Morgan fingerprint density at radius 3 is 2.83 bits per heavy atom. The average molecular weight is 246 g/mol. The minimum atomic E-state index is 0.252. The number of hydrogen-bond donors (Lipinski definition) is 2. The van der Waals surface area contributed by atoms with Gasteiger partial charge in [0.2, 0.25) is 0 Å². The van der Waals surface area contributed by atoms with Crippen LogP contribution < -0.4 is 11.1 Å². The quantitative estimate of drug-likeness (QED) is 0.855. The molecule has 3 N–H and O–H groups in total. The number of rotatable bonds is 4. The smallest absolute Gasteiger partial charge is 0.0297 e. The van der Waals surface area contributed by atoms with E-state index in [1.165, 1.54) is 29.5 Å². The normalized spacial score (nSPS) is 20.8. The van der Waals surface area contributed by atoms with Gasteiger partial charge in [0.25, 0.3) is 0 Å². The summed E-state index contributed by atoms with van der Waals surface area (Å²) >= 11 is 0. The van der Waals surface area contributed by atoms with Crippen LogP contribution >= 0.6 is 0 Å². The lowest BCUT2D eigenvalue weighted by Crippen LogP contribution is -2.24. The summed E-state index contributed by atoms with van der Waals surface area (Å²) < 4.78 is 0. The predicted molar refractivity (Wildman–Crippen MR) is 77.6 cm³/mol. The van der Waals surface area contributed by atoms with E-state index in [1.807, 2.05) is 0 Å². The molecule has 0 aromatic heterocycles. The summed E-state index contributed by atoms with van der Waals surface area (Å²) in [5.41, 5.74) is 10.4. The van der Waals surface area contributed by atoms with Crippen molar-refractivity contribution in [3.05, 3.63) is 34.9 Å². The number of aryl methyl sites for hydroxylation is 1. The molecule has 100 valence electrons. The van der Waals surface area contributed by atoms with Crippen molar-refractivity contribution in [1.29, 1.82) is 0 Å². The Morgan fingerprint density at radius 2 is 2.11 bits per heavy atom. The highest BCUT2D eigenvalue weighted by molar-refractivity contribution is 5.37. The molecule has 18 heavy (non-hydrogen) atoms. The molecule has 1 aromatic carbocycles. The molecule has 0 saturated carbocycles. The van der Waals surface area contributed by atoms with E-state index < -0.39 is 0 Å². The van der Waals surface area contributed by atoms with Crippen molar-refractivity contribution in [2.75, 3.05) is 6.54 Å². The SMILES string of the molecule is CC(C)CNC(C)c1ccc2c(c1)CCCC2N. The lowest BCUT2D eigenvalue weighted by molar-refractivity contribution is 0.495. The minimum absolute atomic E-state index is 0.252. The molecule has 1 aromatic rings. The monoisotopic (exact) mass is 246 g/mol. The number of fused-ring (bicyclic) bond motifs is 1. The van der Waals surface area contributed by atoms with Gasteiger partial charge >= 0.3 is 0 Å². The molecule has 2 unspecified atom stereocenters. The maximum Gasteiger partial charge on any atom is 0.0297 e. The molecule has 0 aliphatic heterocycles. The number of hydrogen-bond acceptors (Lipinski definition) is 2. The van der Waals surface area contributed by atoms with Crippen LogP contribution in [0, 0.1) is 5.92 Å². The topological polar surface area (TPSA) is 38.0 Å². The van der Waals surface area contributed by atoms with Crippen LogP contribution in [0.15, 0.2) is 18.2 Å². The van der Waals surface area contributed by atoms with Crippen molar-refractivity contribution in [3.63, 3.8) is 0 Å². The van der Waals surface area contributed by atoms with Gasteiger partial charge in [-0.2, -0.15) is 0 Å². The molecule has 0 radical (unpaired) electrons. The van der Waals surface area contributed by atoms with Crippen LogP contribution in [0.2, 0.25) is 0 Å². The van der Waals surface area contributed by atoms with Crippen LogP contribution in [0.4, 0.5) is 0 Å². The lowest BCUT2D eigenvalue weighted by atomic mass is 9.86. The summed E-state index contributed by atoms with van der Waals surface area (Å²) in [6.45, 7) is 7.79. The predicted octanol–water partition coefficient (Wildman–Crippen LogP) is 3.33. The fourth-order valence-corrected chi connectivity index (χ4v) is 2.67. The van der Waals surface area contributed by atoms with Crippen LogP contribution in [0.25, 0.3) is 0 Å². The van der Waals surface area contributed by atoms with Crippen LogP contribution in [0.3, 0.4) is 0 Å². The highest BCUT2D eigenvalue weighted by Crippen LogP contribution is 2.29. The maximum absolute atomic E-state index is 6.16. The van der Waals surface area contributed by atoms with Crippen LogP contribution in [-0.2, 0) is 6.42 Å². The third-order valence-corrected chi connectivity index (χ3v) is 3.86. The first-order chi connectivity index (χ1) is 8.58. The van der Waals surface area contributed by atoms with Crippen LogP contribution in [-0.4, -0.2) is 6.54 Å². The second-order valence-electron chi connectivity index (χ2n) is 5.98. The third-order valence-electron chi connectivity index (χ3n) is 3.86. The molecular formula is C16H26N2. The summed E-state index contributed by atoms with van der Waals surface area (Å²) in [4.78, 5) is 0. The number of nitrogens with one attached hydrogen (secondary N) is 1. The van der Waals surface area contributed by atoms with E-state index in [9.17, 15) is 0 Å². The van der Waals surface area contributed by atoms with Gasteiger partial charge in [-0.15, -0.1) is 0 Å². The van der Waals surface area contributed by atoms with Gasteiger partial charge < -0.3 is 11.1 Å². The van der Waals surface area contributed by atoms with Crippen molar-refractivity contribution >= 4 is 0 Å². The molecule has 0 saturated heterocycles. The van der Waals surface area contributed by atoms with E-state index >= 15 is 0 Å². The first kappa shape index (κ1) is 13.6. The molecule has 2 heteroatoms. The minimum Gasteiger partial charge on any atom is -0.324 e. The summed E-state index contributed by atoms with van der Waals surface area (Å²) in [5, 5.41) is 3.59. The Balaban J connectivity index is 2.10. The Bertz CT molecular complexity index is 398. The first-order valence-corrected chi connectivity index (χ1v) is 7.19. The Hall–Kier alpha value is -0.860. The van der Waals surface area contributed by atoms with E-state index in [2.05, 4.69) is 44.3 Å². The van der Waals surface area contributed by atoms with Gasteiger partial charge in [-0.05, 0) is 55.3 Å². The van der Waals surface area contributed by atoms with E-state index in [-0.39, 0.29) is 6.04 Å². The third kappa shape index (κ3) is 3.12. The molecule has 2 nitrogen and oxygen atoms in total. The Kier molecular flexibility index (Phi) is 4.41. The van der Waals surface area contributed by atoms with E-state index in [4.69, 9.17) is 5.73 Å². The number of nitrogens with two attached hydrogens (primary N) is 1. The second kappa shape index (κ2) is 5.85. The molecular weight excluding hydrogens is 220 g/mol. The van der Waals surface area contributed by atoms with E-state index in [0.29, 0.717) is 12.0 Å². The van der Waals surface area contributed by atoms with Crippen molar-refractivity contribution in [2.45, 2.75) is 52.1 Å². The maximum atomic E-state index is 6.16. The van der Waals surface area contributed by atoms with Crippen molar-refractivity contribution in [2.24, 2.45) is 11.7 Å². The largest absolute Gasteiger partial charge is 0.324 e. The molecule has 0 spiro atoms. The van der Waals surface area contributed by atoms with Gasteiger partial charge in [-0.25, -0.2) is 0 Å². The molecule has 1 aliphatic rings. The summed E-state index contributed by atoms with van der Waals surface area (Å²) in [7, 11) is 0. The summed E-state index contributed by atoms with van der Waals surface area (Å²) in [6.07, 6.45) is 3.55. The first-order valence-electron chi connectivity index (χ1n) is 7.19. The van der Waals surface area contributed by atoms with E-state index in [1.54, 1.807) is 0 Å².